The van der Waals surface area contributed by atoms with E-state index < -0.39 is 47.6 Å². The largest absolute Gasteiger partial charge is 0.460 e. The molecule has 0 radical (unpaired) electrons. The SMILES string of the molecule is CC(=O)O[C@@H]1CC[C@@](C)(O)[C@@H]2O[C@@H](C[C@@]1(C)O)[C@H](C(C)C)[C@H]2OC(=O)C=Cc1ccccc1. The minimum absolute atomic E-state index is 0.0501. The fourth-order valence-corrected chi connectivity index (χ4v) is 5.11. The highest BCUT2D eigenvalue weighted by Crippen LogP contribution is 2.45. The molecule has 0 aliphatic carbocycles. The van der Waals surface area contributed by atoms with Crippen LogP contribution in [0.4, 0.5) is 0 Å². The van der Waals surface area contributed by atoms with Crippen LogP contribution in [-0.2, 0) is 23.8 Å². The first kappa shape index (κ1) is 25.4. The molecule has 1 aromatic rings. The van der Waals surface area contributed by atoms with Gasteiger partial charge in [-0.15, -0.1) is 0 Å². The van der Waals surface area contributed by atoms with Crippen molar-refractivity contribution in [1.29, 1.82) is 0 Å². The van der Waals surface area contributed by atoms with E-state index in [2.05, 4.69) is 0 Å². The maximum atomic E-state index is 12.7. The van der Waals surface area contributed by atoms with Crippen LogP contribution in [0.25, 0.3) is 6.08 Å². The molecule has 0 unspecified atom stereocenters. The zero-order chi connectivity index (χ0) is 24.4. The van der Waals surface area contributed by atoms with Gasteiger partial charge in [0.1, 0.15) is 23.9 Å². The van der Waals surface area contributed by atoms with Crippen LogP contribution in [-0.4, -0.2) is 57.8 Å². The van der Waals surface area contributed by atoms with Gasteiger partial charge in [0.05, 0.1) is 11.7 Å². The van der Waals surface area contributed by atoms with Crippen LogP contribution in [0.2, 0.25) is 0 Å². The molecular formula is C26H36O7. The van der Waals surface area contributed by atoms with Gasteiger partial charge >= 0.3 is 11.9 Å². The molecule has 33 heavy (non-hydrogen) atoms. The fraction of sp³-hybridized carbons (Fsp3) is 0.615. The number of carbonyl (C=O) groups excluding carboxylic acids is 2. The number of rotatable bonds is 5. The molecular weight excluding hydrogens is 424 g/mol. The van der Waals surface area contributed by atoms with E-state index in [1.807, 2.05) is 44.2 Å². The van der Waals surface area contributed by atoms with E-state index in [0.717, 1.165) is 5.56 Å². The summed E-state index contributed by atoms with van der Waals surface area (Å²) < 4.78 is 17.6. The van der Waals surface area contributed by atoms with Crippen LogP contribution in [0, 0.1) is 11.8 Å². The molecule has 2 heterocycles. The molecule has 2 aliphatic heterocycles. The average Bonchev–Trinajstić information content (AvgIpc) is 3.08. The van der Waals surface area contributed by atoms with E-state index in [-0.39, 0.29) is 31.1 Å². The first-order chi connectivity index (χ1) is 15.4. The maximum absolute atomic E-state index is 12.7. The quantitative estimate of drug-likeness (QED) is 0.514. The lowest BCUT2D eigenvalue weighted by Gasteiger charge is -2.38. The van der Waals surface area contributed by atoms with Crippen molar-refractivity contribution in [1.82, 2.24) is 0 Å². The Bertz CT molecular complexity index is 859. The summed E-state index contributed by atoms with van der Waals surface area (Å²) in [7, 11) is 0. The molecule has 2 saturated heterocycles. The second-order valence-corrected chi connectivity index (χ2v) is 10.1. The number of benzene rings is 1. The van der Waals surface area contributed by atoms with Crippen molar-refractivity contribution in [2.45, 2.75) is 89.5 Å². The smallest absolute Gasteiger partial charge is 0.331 e. The van der Waals surface area contributed by atoms with Crippen LogP contribution in [0.5, 0.6) is 0 Å². The van der Waals surface area contributed by atoms with Crippen LogP contribution in [0.15, 0.2) is 36.4 Å². The molecule has 2 bridgehead atoms. The van der Waals surface area contributed by atoms with Gasteiger partial charge in [-0.1, -0.05) is 44.2 Å². The summed E-state index contributed by atoms with van der Waals surface area (Å²) in [4.78, 5) is 24.4. The van der Waals surface area contributed by atoms with Gasteiger partial charge in [-0.05, 0) is 44.2 Å². The Kier molecular flexibility index (Phi) is 7.66. The normalized spacial score (nSPS) is 36.8. The number of carbonyl (C=O) groups is 2. The van der Waals surface area contributed by atoms with Crippen LogP contribution in [0.1, 0.15) is 59.4 Å². The Balaban J connectivity index is 1.87. The van der Waals surface area contributed by atoms with Gasteiger partial charge in [-0.2, -0.15) is 0 Å². The minimum Gasteiger partial charge on any atom is -0.460 e. The lowest BCUT2D eigenvalue weighted by molar-refractivity contribution is -0.167. The van der Waals surface area contributed by atoms with Crippen molar-refractivity contribution in [3.63, 3.8) is 0 Å². The third-order valence-corrected chi connectivity index (χ3v) is 6.80. The molecule has 7 atom stereocenters. The van der Waals surface area contributed by atoms with Crippen LogP contribution < -0.4 is 0 Å². The Morgan fingerprint density at radius 1 is 1.12 bits per heavy atom. The minimum atomic E-state index is -1.36. The average molecular weight is 461 g/mol. The predicted octanol–water partition coefficient (Wildman–Crippen LogP) is 3.27. The highest BCUT2D eigenvalue weighted by Gasteiger charge is 2.57. The van der Waals surface area contributed by atoms with E-state index in [4.69, 9.17) is 14.2 Å². The number of hydrogen-bond donors (Lipinski definition) is 2. The first-order valence-corrected chi connectivity index (χ1v) is 11.6. The number of esters is 2. The van der Waals surface area contributed by atoms with E-state index in [0.29, 0.717) is 0 Å². The zero-order valence-electron chi connectivity index (χ0n) is 20.1. The van der Waals surface area contributed by atoms with Crippen molar-refractivity contribution in [3.05, 3.63) is 42.0 Å². The molecule has 7 heteroatoms. The third-order valence-electron chi connectivity index (χ3n) is 6.80. The predicted molar refractivity (Wildman–Crippen MR) is 123 cm³/mol. The summed E-state index contributed by atoms with van der Waals surface area (Å²) in [6.07, 6.45) is 1.01. The summed E-state index contributed by atoms with van der Waals surface area (Å²) in [6, 6.07) is 9.44. The number of fused-ring (bicyclic) bond motifs is 2. The monoisotopic (exact) mass is 460 g/mol. The molecule has 2 aliphatic rings. The molecule has 0 saturated carbocycles. The van der Waals surface area contributed by atoms with Gasteiger partial charge in [-0.25, -0.2) is 4.79 Å². The van der Waals surface area contributed by atoms with Gasteiger partial charge < -0.3 is 24.4 Å². The molecule has 7 nitrogen and oxygen atoms in total. The van der Waals surface area contributed by atoms with Crippen molar-refractivity contribution in [2.24, 2.45) is 11.8 Å². The lowest BCUT2D eigenvalue weighted by Crippen LogP contribution is -2.51. The van der Waals surface area contributed by atoms with Gasteiger partial charge in [0.2, 0.25) is 0 Å². The second kappa shape index (κ2) is 9.95. The molecule has 182 valence electrons. The van der Waals surface area contributed by atoms with E-state index in [1.54, 1.807) is 19.9 Å². The second-order valence-electron chi connectivity index (χ2n) is 10.1. The Morgan fingerprint density at radius 2 is 1.79 bits per heavy atom. The molecule has 0 spiro atoms. The summed E-state index contributed by atoms with van der Waals surface area (Å²) >= 11 is 0. The maximum Gasteiger partial charge on any atom is 0.331 e. The Labute approximate surface area is 195 Å². The highest BCUT2D eigenvalue weighted by molar-refractivity contribution is 5.87. The van der Waals surface area contributed by atoms with Crippen molar-refractivity contribution in [3.8, 4) is 0 Å². The van der Waals surface area contributed by atoms with Gasteiger partial charge in [0, 0.05) is 25.3 Å². The van der Waals surface area contributed by atoms with E-state index in [1.165, 1.54) is 13.0 Å². The third kappa shape index (κ3) is 6.02. The molecule has 2 fully saturated rings. The van der Waals surface area contributed by atoms with Crippen LogP contribution >= 0.6 is 0 Å². The van der Waals surface area contributed by atoms with Crippen molar-refractivity contribution in [2.75, 3.05) is 0 Å². The topological polar surface area (TPSA) is 102 Å². The van der Waals surface area contributed by atoms with Crippen molar-refractivity contribution < 1.29 is 34.0 Å². The number of aliphatic hydroxyl groups is 2. The van der Waals surface area contributed by atoms with E-state index in [9.17, 15) is 19.8 Å². The highest BCUT2D eigenvalue weighted by atomic mass is 16.6. The summed E-state index contributed by atoms with van der Waals surface area (Å²) in [5.74, 6) is -1.20. The van der Waals surface area contributed by atoms with Gasteiger partial charge in [0.15, 0.2) is 0 Å². The Morgan fingerprint density at radius 3 is 2.39 bits per heavy atom. The molecule has 0 aromatic heterocycles. The summed E-state index contributed by atoms with van der Waals surface area (Å²) in [5, 5.41) is 22.6. The van der Waals surface area contributed by atoms with Gasteiger partial charge in [0.25, 0.3) is 0 Å². The Hall–Kier alpha value is -2.22. The molecule has 3 rings (SSSR count). The van der Waals surface area contributed by atoms with Crippen LogP contribution in [0.3, 0.4) is 0 Å². The van der Waals surface area contributed by atoms with E-state index >= 15 is 0 Å². The molecule has 0 amide bonds. The van der Waals surface area contributed by atoms with Crippen molar-refractivity contribution >= 4 is 18.0 Å². The molecule has 1 aromatic carbocycles. The fourth-order valence-electron chi connectivity index (χ4n) is 5.11. The lowest BCUT2D eigenvalue weighted by atomic mass is 9.75. The summed E-state index contributed by atoms with van der Waals surface area (Å²) in [5.41, 5.74) is -1.84. The zero-order valence-corrected chi connectivity index (χ0v) is 20.1. The standard InChI is InChI=1S/C26H36O7/c1-16(2)22-19-15-26(5,30)20(31-17(3)27)13-14-25(4,29)24(32-19)23(22)33-21(28)12-11-18-9-7-6-8-10-18/h6-12,16,19-20,22-24,29-30H,13-15H2,1-5H3/t19-,20+,22-,23+,24+,25+,26+/m0/s1. The first-order valence-electron chi connectivity index (χ1n) is 11.6. The number of ether oxygens (including phenoxy) is 3. The van der Waals surface area contributed by atoms with Gasteiger partial charge in [-0.3, -0.25) is 4.79 Å². The number of hydrogen-bond acceptors (Lipinski definition) is 7. The molecule has 2 N–H and O–H groups in total. The summed E-state index contributed by atoms with van der Waals surface area (Å²) in [6.45, 7) is 8.58.